The molecule has 0 spiro atoms. The summed E-state index contributed by atoms with van der Waals surface area (Å²) < 4.78 is 0. The van der Waals surface area contributed by atoms with Crippen LogP contribution in [0.1, 0.15) is 46.1 Å². The first-order valence-electron chi connectivity index (χ1n) is 7.60. The van der Waals surface area contributed by atoms with Crippen molar-refractivity contribution in [3.05, 3.63) is 29.8 Å². The van der Waals surface area contributed by atoms with Crippen LogP contribution >= 0.6 is 11.8 Å². The molecule has 0 atom stereocenters. The lowest BCUT2D eigenvalue weighted by molar-refractivity contribution is -0.118. The van der Waals surface area contributed by atoms with Crippen molar-refractivity contribution in [2.75, 3.05) is 17.2 Å². The number of para-hydroxylation sites is 1. The number of nitrogens with zero attached hydrogens (tertiary/aromatic N) is 1. The van der Waals surface area contributed by atoms with Gasteiger partial charge in [-0.25, -0.2) is 0 Å². The summed E-state index contributed by atoms with van der Waals surface area (Å²) >= 11 is 1.85. The molecule has 0 bridgehead atoms. The Morgan fingerprint density at radius 3 is 2.60 bits per heavy atom. The third kappa shape index (κ3) is 5.20. The largest absolute Gasteiger partial charge is 0.312 e. The molecule has 0 saturated heterocycles. The van der Waals surface area contributed by atoms with Crippen LogP contribution in [0.5, 0.6) is 0 Å². The van der Waals surface area contributed by atoms with E-state index in [9.17, 15) is 4.79 Å². The first kappa shape index (κ1) is 17.1. The lowest BCUT2D eigenvalue weighted by atomic mass is 10.2. The fourth-order valence-corrected chi connectivity index (χ4v) is 2.88. The van der Waals surface area contributed by atoms with Crippen LogP contribution in [0.25, 0.3) is 0 Å². The third-order valence-electron chi connectivity index (χ3n) is 2.96. The van der Waals surface area contributed by atoms with Gasteiger partial charge in [-0.1, -0.05) is 52.3 Å². The van der Waals surface area contributed by atoms with E-state index < -0.39 is 0 Å². The smallest absolute Gasteiger partial charge is 0.227 e. The molecule has 0 aliphatic carbocycles. The quantitative estimate of drug-likeness (QED) is 0.813. The van der Waals surface area contributed by atoms with E-state index in [-0.39, 0.29) is 5.91 Å². The van der Waals surface area contributed by atoms with Gasteiger partial charge in [0.05, 0.1) is 0 Å². The average Bonchev–Trinajstić information content (AvgIpc) is 2.83. The zero-order chi connectivity index (χ0) is 15.0. The highest BCUT2D eigenvalue weighted by Gasteiger charge is 2.23. The Bertz CT molecular complexity index is 417. The van der Waals surface area contributed by atoms with Gasteiger partial charge < -0.3 is 4.90 Å². The molecule has 1 aromatic carbocycles. The molecule has 0 fully saturated rings. The normalized spacial score (nSPS) is 12.9. The molecule has 3 heteroatoms. The molecule has 1 aliphatic heterocycles. The van der Waals surface area contributed by atoms with Crippen LogP contribution in [-0.4, -0.2) is 23.5 Å². The van der Waals surface area contributed by atoms with Gasteiger partial charge in [-0.15, -0.1) is 0 Å². The van der Waals surface area contributed by atoms with Crippen molar-refractivity contribution in [2.24, 2.45) is 0 Å². The van der Waals surface area contributed by atoms with Crippen LogP contribution in [0, 0.1) is 0 Å². The summed E-state index contributed by atoms with van der Waals surface area (Å²) in [4.78, 5) is 14.0. The maximum absolute atomic E-state index is 12.1. The standard InChI is InChI=1S/C14H19NOS.C3H8/c1-11(2)17-10-8-14(16)15-9-7-12-5-3-4-6-13(12)15;1-3-2/h3-6,11H,7-10H2,1-2H3;3H2,1-2H3. The molecule has 20 heavy (non-hydrogen) atoms. The summed E-state index contributed by atoms with van der Waals surface area (Å²) in [6.07, 6.45) is 2.90. The van der Waals surface area contributed by atoms with E-state index in [0.29, 0.717) is 11.7 Å². The first-order valence-corrected chi connectivity index (χ1v) is 8.64. The average molecular weight is 293 g/mol. The molecule has 0 unspecified atom stereocenters. The van der Waals surface area contributed by atoms with Crippen molar-refractivity contribution in [1.82, 2.24) is 0 Å². The molecule has 0 saturated carbocycles. The van der Waals surface area contributed by atoms with E-state index in [4.69, 9.17) is 0 Å². The SMILES string of the molecule is CC(C)SCCC(=O)N1CCc2ccccc21.CCC. The molecule has 1 aromatic rings. The van der Waals surface area contributed by atoms with Gasteiger partial charge in [0.25, 0.3) is 0 Å². The molecule has 1 amide bonds. The number of benzene rings is 1. The van der Waals surface area contributed by atoms with Gasteiger partial charge >= 0.3 is 0 Å². The summed E-state index contributed by atoms with van der Waals surface area (Å²) in [5.41, 5.74) is 2.42. The predicted molar refractivity (Wildman–Crippen MR) is 90.7 cm³/mol. The zero-order valence-electron chi connectivity index (χ0n) is 13.2. The topological polar surface area (TPSA) is 20.3 Å². The van der Waals surface area contributed by atoms with E-state index in [0.717, 1.165) is 24.4 Å². The van der Waals surface area contributed by atoms with Crippen LogP contribution in [-0.2, 0) is 11.2 Å². The summed E-state index contributed by atoms with van der Waals surface area (Å²) in [5, 5.41) is 0.605. The zero-order valence-corrected chi connectivity index (χ0v) is 14.0. The lowest BCUT2D eigenvalue weighted by Gasteiger charge is -2.17. The van der Waals surface area contributed by atoms with Crippen molar-refractivity contribution in [1.29, 1.82) is 0 Å². The fraction of sp³-hybridized carbons (Fsp3) is 0.588. The minimum absolute atomic E-state index is 0.267. The van der Waals surface area contributed by atoms with E-state index in [2.05, 4.69) is 39.8 Å². The summed E-state index contributed by atoms with van der Waals surface area (Å²) in [5.74, 6) is 1.19. The molecular weight excluding hydrogens is 266 g/mol. The van der Waals surface area contributed by atoms with Gasteiger partial charge in [-0.05, 0) is 23.3 Å². The van der Waals surface area contributed by atoms with E-state index >= 15 is 0 Å². The lowest BCUT2D eigenvalue weighted by Crippen LogP contribution is -2.29. The Labute approximate surface area is 127 Å². The number of amides is 1. The third-order valence-corrected chi connectivity index (χ3v) is 4.06. The van der Waals surface area contributed by atoms with Gasteiger partial charge in [-0.2, -0.15) is 11.8 Å². The highest BCUT2D eigenvalue weighted by Crippen LogP contribution is 2.28. The predicted octanol–water partition coefficient (Wildman–Crippen LogP) is 4.52. The maximum Gasteiger partial charge on any atom is 0.227 e. The second-order valence-electron chi connectivity index (χ2n) is 5.30. The number of carbonyl (C=O) groups is 1. The van der Waals surface area contributed by atoms with E-state index in [1.807, 2.05) is 28.8 Å². The highest BCUT2D eigenvalue weighted by atomic mass is 32.2. The second kappa shape index (κ2) is 9.06. The molecule has 0 radical (unpaired) electrons. The number of thioether (sulfide) groups is 1. The van der Waals surface area contributed by atoms with Crippen LogP contribution < -0.4 is 4.90 Å². The Morgan fingerprint density at radius 2 is 1.95 bits per heavy atom. The van der Waals surface area contributed by atoms with Crippen LogP contribution in [0.2, 0.25) is 0 Å². The van der Waals surface area contributed by atoms with Gasteiger partial charge in [0, 0.05) is 24.4 Å². The minimum atomic E-state index is 0.267. The van der Waals surface area contributed by atoms with Crippen LogP contribution in [0.15, 0.2) is 24.3 Å². The van der Waals surface area contributed by atoms with Gasteiger partial charge in [0.1, 0.15) is 0 Å². The fourth-order valence-electron chi connectivity index (χ4n) is 2.11. The molecule has 2 nitrogen and oxygen atoms in total. The second-order valence-corrected chi connectivity index (χ2v) is 6.99. The number of fused-ring (bicyclic) bond motifs is 1. The van der Waals surface area contributed by atoms with Crippen LogP contribution in [0.4, 0.5) is 5.69 Å². The molecule has 0 aromatic heterocycles. The molecule has 1 aliphatic rings. The Balaban J connectivity index is 0.000000612. The van der Waals surface area contributed by atoms with Gasteiger partial charge in [0.2, 0.25) is 5.91 Å². The number of carbonyl (C=O) groups excluding carboxylic acids is 1. The first-order chi connectivity index (χ1) is 9.60. The number of hydrogen-bond acceptors (Lipinski definition) is 2. The van der Waals surface area contributed by atoms with Crippen LogP contribution in [0.3, 0.4) is 0 Å². The Hall–Kier alpha value is -0.960. The summed E-state index contributed by atoms with van der Waals surface area (Å²) in [7, 11) is 0. The van der Waals surface area contributed by atoms with Crippen molar-refractivity contribution < 1.29 is 4.79 Å². The van der Waals surface area contributed by atoms with E-state index in [1.54, 1.807) is 0 Å². The molecule has 112 valence electrons. The summed E-state index contributed by atoms with van der Waals surface area (Å²) in [6.45, 7) is 9.44. The Kier molecular flexibility index (Phi) is 7.75. The minimum Gasteiger partial charge on any atom is -0.312 e. The molecule has 0 N–H and O–H groups in total. The number of hydrogen-bond donors (Lipinski definition) is 0. The van der Waals surface area contributed by atoms with Crippen molar-refractivity contribution in [3.8, 4) is 0 Å². The van der Waals surface area contributed by atoms with Gasteiger partial charge in [0.15, 0.2) is 0 Å². The van der Waals surface area contributed by atoms with Gasteiger partial charge in [-0.3, -0.25) is 4.79 Å². The Morgan fingerprint density at radius 1 is 1.30 bits per heavy atom. The monoisotopic (exact) mass is 293 g/mol. The van der Waals surface area contributed by atoms with Crippen molar-refractivity contribution in [3.63, 3.8) is 0 Å². The molecule has 2 rings (SSSR count). The van der Waals surface area contributed by atoms with Crippen molar-refractivity contribution >= 4 is 23.4 Å². The maximum atomic E-state index is 12.1. The highest BCUT2D eigenvalue weighted by molar-refractivity contribution is 7.99. The van der Waals surface area contributed by atoms with Crippen molar-refractivity contribution in [2.45, 2.75) is 52.2 Å². The number of anilines is 1. The molecular formula is C17H27NOS. The number of rotatable bonds is 4. The molecule has 1 heterocycles. The summed E-state index contributed by atoms with van der Waals surface area (Å²) in [6, 6.07) is 8.22. The van der Waals surface area contributed by atoms with E-state index in [1.165, 1.54) is 12.0 Å².